The zero-order valence-electron chi connectivity index (χ0n) is 12.7. The summed E-state index contributed by atoms with van der Waals surface area (Å²) in [6.45, 7) is 8.55. The number of hydrogen-bond donors (Lipinski definition) is 1. The zero-order valence-corrected chi connectivity index (χ0v) is 13.4. The predicted octanol–water partition coefficient (Wildman–Crippen LogP) is 3.47. The molecule has 20 heavy (non-hydrogen) atoms. The third-order valence-electron chi connectivity index (χ3n) is 3.54. The normalized spacial score (nSPS) is 12.4. The van der Waals surface area contributed by atoms with Crippen molar-refractivity contribution in [1.82, 2.24) is 10.2 Å². The number of amides is 1. The fourth-order valence-electron chi connectivity index (χ4n) is 2.12. The second-order valence-corrected chi connectivity index (χ2v) is 5.37. The number of likely N-dealkylation sites (N-methyl/N-ethyl adjacent to an activating group) is 1. The monoisotopic (exact) mass is 296 g/mol. The highest BCUT2D eigenvalue weighted by Gasteiger charge is 2.19. The molecule has 0 aliphatic heterocycles. The molecule has 0 radical (unpaired) electrons. The molecule has 1 unspecified atom stereocenters. The number of carbonyl (C=O) groups excluding carboxylic acids is 1. The van der Waals surface area contributed by atoms with Crippen molar-refractivity contribution in [3.8, 4) is 0 Å². The first-order valence-electron chi connectivity index (χ1n) is 7.35. The van der Waals surface area contributed by atoms with E-state index in [1.54, 1.807) is 0 Å². The van der Waals surface area contributed by atoms with E-state index in [1.165, 1.54) is 0 Å². The van der Waals surface area contributed by atoms with E-state index in [0.29, 0.717) is 11.6 Å². The van der Waals surface area contributed by atoms with Gasteiger partial charge in [0.25, 0.3) is 0 Å². The maximum Gasteiger partial charge on any atom is 0.237 e. The maximum absolute atomic E-state index is 12.2. The van der Waals surface area contributed by atoms with Gasteiger partial charge in [-0.1, -0.05) is 50.1 Å². The molecule has 1 rings (SSSR count). The minimum Gasteiger partial charge on any atom is -0.351 e. The van der Waals surface area contributed by atoms with Gasteiger partial charge < -0.3 is 5.32 Å². The van der Waals surface area contributed by atoms with Crippen LogP contribution in [0.25, 0.3) is 0 Å². The summed E-state index contributed by atoms with van der Waals surface area (Å²) in [6, 6.07) is 7.48. The molecule has 0 fully saturated rings. The van der Waals surface area contributed by atoms with Crippen LogP contribution in [-0.2, 0) is 11.3 Å². The fourth-order valence-corrected chi connectivity index (χ4v) is 2.33. The minimum atomic E-state index is -0.103. The average Bonchev–Trinajstić information content (AvgIpc) is 2.46. The Bertz CT molecular complexity index is 423. The van der Waals surface area contributed by atoms with Crippen molar-refractivity contribution >= 4 is 17.5 Å². The van der Waals surface area contributed by atoms with Gasteiger partial charge >= 0.3 is 0 Å². The van der Waals surface area contributed by atoms with Gasteiger partial charge in [0.15, 0.2) is 0 Å². The van der Waals surface area contributed by atoms with E-state index in [0.717, 1.165) is 31.5 Å². The Morgan fingerprint density at radius 3 is 2.65 bits per heavy atom. The summed E-state index contributed by atoms with van der Waals surface area (Å²) in [4.78, 5) is 14.4. The molecule has 1 N–H and O–H groups in total. The summed E-state index contributed by atoms with van der Waals surface area (Å²) in [5, 5.41) is 3.66. The minimum absolute atomic E-state index is 0.0582. The number of hydrogen-bond acceptors (Lipinski definition) is 2. The van der Waals surface area contributed by atoms with Crippen molar-refractivity contribution in [2.75, 3.05) is 13.1 Å². The molecule has 1 aromatic rings. The lowest BCUT2D eigenvalue weighted by Crippen LogP contribution is -2.45. The van der Waals surface area contributed by atoms with Crippen LogP contribution in [0.4, 0.5) is 0 Å². The smallest absolute Gasteiger partial charge is 0.237 e. The average molecular weight is 297 g/mol. The fraction of sp³-hybridized carbons (Fsp3) is 0.562. The molecule has 0 heterocycles. The quantitative estimate of drug-likeness (QED) is 0.797. The Balaban J connectivity index is 2.50. The van der Waals surface area contributed by atoms with Crippen molar-refractivity contribution in [1.29, 1.82) is 0 Å². The van der Waals surface area contributed by atoms with Crippen molar-refractivity contribution in [2.24, 2.45) is 0 Å². The number of benzene rings is 1. The predicted molar refractivity (Wildman–Crippen MR) is 84.9 cm³/mol. The third-order valence-corrected chi connectivity index (χ3v) is 3.91. The number of rotatable bonds is 8. The van der Waals surface area contributed by atoms with Crippen LogP contribution in [0.2, 0.25) is 5.02 Å². The standard InChI is InChI=1S/C16H25ClN2O/c1-4-6-11-19(5-2)13(3)16(20)18-12-14-9-7-8-10-15(14)17/h7-10,13H,4-6,11-12H2,1-3H3,(H,18,20). The summed E-state index contributed by atoms with van der Waals surface area (Å²) < 4.78 is 0. The first kappa shape index (κ1) is 17.0. The molecule has 0 saturated heterocycles. The second kappa shape index (κ2) is 8.98. The molecule has 0 aromatic heterocycles. The van der Waals surface area contributed by atoms with E-state index in [9.17, 15) is 4.79 Å². The Morgan fingerprint density at radius 2 is 2.05 bits per heavy atom. The summed E-state index contributed by atoms with van der Waals surface area (Å²) in [5.41, 5.74) is 0.950. The van der Waals surface area contributed by atoms with Crippen molar-refractivity contribution in [3.63, 3.8) is 0 Å². The lowest BCUT2D eigenvalue weighted by Gasteiger charge is -2.26. The van der Waals surface area contributed by atoms with Crippen LogP contribution in [-0.4, -0.2) is 29.9 Å². The maximum atomic E-state index is 12.2. The highest BCUT2D eigenvalue weighted by molar-refractivity contribution is 6.31. The van der Waals surface area contributed by atoms with E-state index >= 15 is 0 Å². The van der Waals surface area contributed by atoms with Crippen LogP contribution in [0.15, 0.2) is 24.3 Å². The number of nitrogens with one attached hydrogen (secondary N) is 1. The molecule has 3 nitrogen and oxygen atoms in total. The molecular formula is C16H25ClN2O. The van der Waals surface area contributed by atoms with Crippen LogP contribution in [0.5, 0.6) is 0 Å². The summed E-state index contributed by atoms with van der Waals surface area (Å²) in [6.07, 6.45) is 2.26. The topological polar surface area (TPSA) is 32.3 Å². The van der Waals surface area contributed by atoms with E-state index in [4.69, 9.17) is 11.6 Å². The van der Waals surface area contributed by atoms with Crippen LogP contribution in [0, 0.1) is 0 Å². The largest absolute Gasteiger partial charge is 0.351 e. The first-order valence-corrected chi connectivity index (χ1v) is 7.73. The Labute approximate surface area is 127 Å². The molecule has 4 heteroatoms. The van der Waals surface area contributed by atoms with Crippen molar-refractivity contribution in [3.05, 3.63) is 34.9 Å². The molecular weight excluding hydrogens is 272 g/mol. The first-order chi connectivity index (χ1) is 9.60. The summed E-state index contributed by atoms with van der Waals surface area (Å²) in [5.74, 6) is 0.0582. The molecule has 112 valence electrons. The number of unbranched alkanes of at least 4 members (excludes halogenated alkanes) is 1. The van der Waals surface area contributed by atoms with Gasteiger partial charge in [0, 0.05) is 11.6 Å². The van der Waals surface area contributed by atoms with Crippen LogP contribution < -0.4 is 5.32 Å². The molecule has 0 saturated carbocycles. The van der Waals surface area contributed by atoms with Crippen LogP contribution >= 0.6 is 11.6 Å². The van der Waals surface area contributed by atoms with Gasteiger partial charge in [0.2, 0.25) is 5.91 Å². The zero-order chi connectivity index (χ0) is 15.0. The molecule has 1 atom stereocenters. The van der Waals surface area contributed by atoms with E-state index in [2.05, 4.69) is 24.1 Å². The third kappa shape index (κ3) is 5.14. The number of nitrogens with zero attached hydrogens (tertiary/aromatic N) is 1. The number of carbonyl (C=O) groups is 1. The SMILES string of the molecule is CCCCN(CC)C(C)C(=O)NCc1ccccc1Cl. The lowest BCUT2D eigenvalue weighted by atomic mass is 10.2. The van der Waals surface area contributed by atoms with E-state index < -0.39 is 0 Å². The Hall–Kier alpha value is -1.06. The number of halogens is 1. The van der Waals surface area contributed by atoms with Crippen molar-refractivity contribution in [2.45, 2.75) is 46.2 Å². The van der Waals surface area contributed by atoms with Gasteiger partial charge in [-0.15, -0.1) is 0 Å². The summed E-state index contributed by atoms with van der Waals surface area (Å²) in [7, 11) is 0. The van der Waals surface area contributed by atoms with Gasteiger partial charge in [0.05, 0.1) is 6.04 Å². The van der Waals surface area contributed by atoms with Gasteiger partial charge in [0.1, 0.15) is 0 Å². The molecule has 0 aliphatic carbocycles. The van der Waals surface area contributed by atoms with Gasteiger partial charge in [-0.2, -0.15) is 0 Å². The van der Waals surface area contributed by atoms with Gasteiger partial charge in [-0.25, -0.2) is 0 Å². The lowest BCUT2D eigenvalue weighted by molar-refractivity contribution is -0.126. The molecule has 1 amide bonds. The van der Waals surface area contributed by atoms with Crippen LogP contribution in [0.3, 0.4) is 0 Å². The Kier molecular flexibility index (Phi) is 7.63. The highest BCUT2D eigenvalue weighted by Crippen LogP contribution is 2.14. The van der Waals surface area contributed by atoms with Gasteiger partial charge in [-0.3, -0.25) is 9.69 Å². The van der Waals surface area contributed by atoms with Gasteiger partial charge in [-0.05, 0) is 38.1 Å². The molecule has 1 aromatic carbocycles. The molecule has 0 aliphatic rings. The van der Waals surface area contributed by atoms with Crippen molar-refractivity contribution < 1.29 is 4.79 Å². The highest BCUT2D eigenvalue weighted by atomic mass is 35.5. The van der Waals surface area contributed by atoms with E-state index in [1.807, 2.05) is 31.2 Å². The van der Waals surface area contributed by atoms with E-state index in [-0.39, 0.29) is 11.9 Å². The second-order valence-electron chi connectivity index (χ2n) is 4.97. The molecule has 0 bridgehead atoms. The Morgan fingerprint density at radius 1 is 1.35 bits per heavy atom. The molecule has 0 spiro atoms. The van der Waals surface area contributed by atoms with Crippen LogP contribution in [0.1, 0.15) is 39.2 Å². The summed E-state index contributed by atoms with van der Waals surface area (Å²) >= 11 is 6.08.